The van der Waals surface area contributed by atoms with E-state index in [-0.39, 0.29) is 0 Å². The highest BCUT2D eigenvalue weighted by Crippen LogP contribution is 2.46. The first-order valence-electron chi connectivity index (χ1n) is 4.38. The van der Waals surface area contributed by atoms with E-state index in [1.54, 1.807) is 19.3 Å². The van der Waals surface area contributed by atoms with Crippen LogP contribution in [0, 0.1) is 17.8 Å². The van der Waals surface area contributed by atoms with Crippen molar-refractivity contribution in [2.45, 2.75) is 39.0 Å². The summed E-state index contributed by atoms with van der Waals surface area (Å²) >= 11 is 0. The average Bonchev–Trinajstić information content (AvgIpc) is 2.35. The minimum absolute atomic E-state index is 1.07. The van der Waals surface area contributed by atoms with Crippen LogP contribution in [-0.4, -0.2) is 0 Å². The van der Waals surface area contributed by atoms with Gasteiger partial charge < -0.3 is 0 Å². The lowest BCUT2D eigenvalue weighted by molar-refractivity contribution is 0.376. The highest BCUT2D eigenvalue weighted by Gasteiger charge is 2.36. The molecule has 0 aromatic carbocycles. The highest BCUT2D eigenvalue weighted by molar-refractivity contribution is 4.86. The van der Waals surface area contributed by atoms with Gasteiger partial charge in [-0.25, -0.2) is 0 Å². The van der Waals surface area contributed by atoms with E-state index in [4.69, 9.17) is 0 Å². The standard InChI is InChI=1S/C9H16/c1-7-5-6-8-3-2-4-9(7)8/h7-9H,2-6H2,1H3/t7?,8-,9+/m1/s1. The molecule has 0 bridgehead atoms. The first kappa shape index (κ1) is 5.76. The van der Waals surface area contributed by atoms with E-state index in [2.05, 4.69) is 6.92 Å². The molecule has 2 fully saturated rings. The van der Waals surface area contributed by atoms with Gasteiger partial charge in [-0.05, 0) is 30.6 Å². The molecule has 0 N–H and O–H groups in total. The Morgan fingerprint density at radius 2 is 1.89 bits per heavy atom. The third kappa shape index (κ3) is 0.798. The second-order valence-corrected chi connectivity index (χ2v) is 3.91. The van der Waals surface area contributed by atoms with Gasteiger partial charge in [0, 0.05) is 0 Å². The van der Waals surface area contributed by atoms with Gasteiger partial charge >= 0.3 is 0 Å². The van der Waals surface area contributed by atoms with Gasteiger partial charge in [0.25, 0.3) is 0 Å². The monoisotopic (exact) mass is 124 g/mol. The van der Waals surface area contributed by atoms with Crippen molar-refractivity contribution in [3.8, 4) is 0 Å². The molecule has 1 unspecified atom stereocenters. The largest absolute Gasteiger partial charge is 0.0622 e. The van der Waals surface area contributed by atoms with E-state index in [1.165, 1.54) is 12.8 Å². The van der Waals surface area contributed by atoms with E-state index in [0.717, 1.165) is 17.8 Å². The van der Waals surface area contributed by atoms with Crippen LogP contribution in [0.25, 0.3) is 0 Å². The lowest BCUT2D eigenvalue weighted by Gasteiger charge is -2.11. The molecule has 2 aliphatic carbocycles. The summed E-state index contributed by atoms with van der Waals surface area (Å²) in [5.74, 6) is 3.36. The fourth-order valence-electron chi connectivity index (χ4n) is 2.86. The molecule has 0 nitrogen and oxygen atoms in total. The maximum atomic E-state index is 2.44. The van der Waals surface area contributed by atoms with E-state index in [1.807, 2.05) is 0 Å². The van der Waals surface area contributed by atoms with Gasteiger partial charge in [-0.2, -0.15) is 0 Å². The maximum Gasteiger partial charge on any atom is -0.0360 e. The van der Waals surface area contributed by atoms with Crippen molar-refractivity contribution in [3.05, 3.63) is 0 Å². The molecule has 0 aromatic rings. The highest BCUT2D eigenvalue weighted by atomic mass is 14.4. The predicted octanol–water partition coefficient (Wildman–Crippen LogP) is 2.83. The van der Waals surface area contributed by atoms with Crippen LogP contribution < -0.4 is 0 Å². The molecule has 0 radical (unpaired) electrons. The fourth-order valence-corrected chi connectivity index (χ4v) is 2.86. The summed E-state index contributed by atoms with van der Waals surface area (Å²) in [6.07, 6.45) is 7.70. The van der Waals surface area contributed by atoms with Crippen molar-refractivity contribution in [1.29, 1.82) is 0 Å². The van der Waals surface area contributed by atoms with E-state index < -0.39 is 0 Å². The quantitative estimate of drug-likeness (QED) is 0.466. The summed E-state index contributed by atoms with van der Waals surface area (Å²) in [4.78, 5) is 0. The summed E-state index contributed by atoms with van der Waals surface area (Å²) in [7, 11) is 0. The Morgan fingerprint density at radius 1 is 1.00 bits per heavy atom. The topological polar surface area (TPSA) is 0 Å². The third-order valence-electron chi connectivity index (χ3n) is 3.44. The zero-order chi connectivity index (χ0) is 6.27. The third-order valence-corrected chi connectivity index (χ3v) is 3.44. The van der Waals surface area contributed by atoms with Crippen molar-refractivity contribution in [1.82, 2.24) is 0 Å². The lowest BCUT2D eigenvalue weighted by atomic mass is 9.94. The zero-order valence-electron chi connectivity index (χ0n) is 6.27. The Balaban J connectivity index is 2.07. The van der Waals surface area contributed by atoms with E-state index >= 15 is 0 Å². The second-order valence-electron chi connectivity index (χ2n) is 3.91. The molecule has 0 amide bonds. The van der Waals surface area contributed by atoms with Crippen LogP contribution >= 0.6 is 0 Å². The van der Waals surface area contributed by atoms with Gasteiger partial charge in [0.2, 0.25) is 0 Å². The molecule has 0 heterocycles. The molecular weight excluding hydrogens is 108 g/mol. The van der Waals surface area contributed by atoms with E-state index in [0.29, 0.717) is 0 Å². The molecule has 2 rings (SSSR count). The van der Waals surface area contributed by atoms with Gasteiger partial charge in [0.15, 0.2) is 0 Å². The molecule has 2 saturated carbocycles. The fraction of sp³-hybridized carbons (Fsp3) is 1.00. The first-order valence-corrected chi connectivity index (χ1v) is 4.38. The van der Waals surface area contributed by atoms with Crippen LogP contribution in [0.15, 0.2) is 0 Å². The number of hydrogen-bond donors (Lipinski definition) is 0. The maximum absolute atomic E-state index is 2.44. The lowest BCUT2D eigenvalue weighted by Crippen LogP contribution is -2.04. The van der Waals surface area contributed by atoms with Crippen molar-refractivity contribution in [2.75, 3.05) is 0 Å². The summed E-state index contributed by atoms with van der Waals surface area (Å²) in [5.41, 5.74) is 0. The summed E-state index contributed by atoms with van der Waals surface area (Å²) in [6.45, 7) is 2.44. The molecular formula is C9H16. The van der Waals surface area contributed by atoms with Crippen LogP contribution in [0.3, 0.4) is 0 Å². The van der Waals surface area contributed by atoms with Crippen molar-refractivity contribution in [3.63, 3.8) is 0 Å². The molecule has 3 atom stereocenters. The minimum Gasteiger partial charge on any atom is -0.0622 e. The van der Waals surface area contributed by atoms with Crippen LogP contribution in [0.4, 0.5) is 0 Å². The molecule has 0 aliphatic heterocycles. The molecule has 0 heteroatoms. The smallest absolute Gasteiger partial charge is 0.0360 e. The van der Waals surface area contributed by atoms with Crippen LogP contribution in [-0.2, 0) is 0 Å². The number of fused-ring (bicyclic) bond motifs is 1. The Labute approximate surface area is 57.6 Å². The average molecular weight is 124 g/mol. The predicted molar refractivity (Wildman–Crippen MR) is 39.2 cm³/mol. The molecule has 0 spiro atoms. The Bertz CT molecular complexity index is 107. The first-order chi connectivity index (χ1) is 4.38. The van der Waals surface area contributed by atoms with Gasteiger partial charge in [-0.3, -0.25) is 0 Å². The minimum atomic E-state index is 1.07. The van der Waals surface area contributed by atoms with Gasteiger partial charge in [0.1, 0.15) is 0 Å². The molecule has 9 heavy (non-hydrogen) atoms. The Kier molecular flexibility index (Phi) is 1.28. The van der Waals surface area contributed by atoms with Crippen molar-refractivity contribution >= 4 is 0 Å². The van der Waals surface area contributed by atoms with Crippen molar-refractivity contribution < 1.29 is 0 Å². The van der Waals surface area contributed by atoms with Crippen LogP contribution in [0.1, 0.15) is 39.0 Å². The summed E-state index contributed by atoms with van der Waals surface area (Å²) in [5, 5.41) is 0. The SMILES string of the molecule is CC1CC[C@H]2CCC[C@@H]12. The number of rotatable bonds is 0. The molecule has 0 aromatic heterocycles. The Hall–Kier alpha value is 0. The second kappa shape index (κ2) is 2.00. The van der Waals surface area contributed by atoms with Crippen LogP contribution in [0.5, 0.6) is 0 Å². The number of hydrogen-bond acceptors (Lipinski definition) is 0. The molecule has 0 saturated heterocycles. The van der Waals surface area contributed by atoms with Gasteiger partial charge in [-0.15, -0.1) is 0 Å². The summed E-state index contributed by atoms with van der Waals surface area (Å²) < 4.78 is 0. The van der Waals surface area contributed by atoms with Gasteiger partial charge in [-0.1, -0.05) is 26.2 Å². The van der Waals surface area contributed by atoms with Crippen molar-refractivity contribution in [2.24, 2.45) is 17.8 Å². The van der Waals surface area contributed by atoms with E-state index in [9.17, 15) is 0 Å². The summed E-state index contributed by atoms with van der Waals surface area (Å²) in [6, 6.07) is 0. The zero-order valence-corrected chi connectivity index (χ0v) is 6.27. The van der Waals surface area contributed by atoms with Crippen LogP contribution in [0.2, 0.25) is 0 Å². The molecule has 2 aliphatic rings. The molecule has 52 valence electrons. The normalized spacial score (nSPS) is 49.7. The Morgan fingerprint density at radius 3 is 2.67 bits per heavy atom. The van der Waals surface area contributed by atoms with Gasteiger partial charge in [0.05, 0.1) is 0 Å².